The van der Waals surface area contributed by atoms with E-state index in [0.717, 1.165) is 17.9 Å². The normalized spacial score (nSPS) is 20.8. The number of hydrogen-bond donors (Lipinski definition) is 1. The standard InChI is InChI=1S/C14H20N4S/c1-10-8-19-13-12(10)16-9-17-14(13)15-7-11-5-3-4-6-18(11)2/h8-9,11H,3-7H2,1-2H3,(H,15,16,17). The van der Waals surface area contributed by atoms with Crippen molar-refractivity contribution in [2.75, 3.05) is 25.5 Å². The van der Waals surface area contributed by atoms with E-state index in [2.05, 4.69) is 39.5 Å². The Morgan fingerprint density at radius 3 is 3.16 bits per heavy atom. The van der Waals surface area contributed by atoms with Gasteiger partial charge in [-0.25, -0.2) is 9.97 Å². The number of hydrogen-bond acceptors (Lipinski definition) is 5. The second kappa shape index (κ2) is 5.43. The van der Waals surface area contributed by atoms with Crippen LogP contribution >= 0.6 is 11.3 Å². The van der Waals surface area contributed by atoms with Gasteiger partial charge in [0.25, 0.3) is 0 Å². The second-order valence-corrected chi connectivity index (χ2v) is 6.21. The summed E-state index contributed by atoms with van der Waals surface area (Å²) in [5.41, 5.74) is 2.32. The van der Waals surface area contributed by atoms with Crippen LogP contribution in [0.3, 0.4) is 0 Å². The predicted molar refractivity (Wildman–Crippen MR) is 80.9 cm³/mol. The second-order valence-electron chi connectivity index (χ2n) is 5.33. The maximum atomic E-state index is 4.40. The van der Waals surface area contributed by atoms with E-state index in [4.69, 9.17) is 0 Å². The van der Waals surface area contributed by atoms with Crippen LogP contribution in [0, 0.1) is 6.92 Å². The molecule has 1 saturated heterocycles. The molecule has 0 aromatic carbocycles. The first kappa shape index (κ1) is 12.8. The largest absolute Gasteiger partial charge is 0.367 e. The molecular formula is C14H20N4S. The van der Waals surface area contributed by atoms with E-state index in [9.17, 15) is 0 Å². The van der Waals surface area contributed by atoms with E-state index >= 15 is 0 Å². The number of anilines is 1. The third kappa shape index (κ3) is 2.58. The van der Waals surface area contributed by atoms with Crippen molar-refractivity contribution in [3.63, 3.8) is 0 Å². The molecule has 0 spiro atoms. The Morgan fingerprint density at radius 2 is 2.32 bits per heavy atom. The third-order valence-electron chi connectivity index (χ3n) is 3.96. The highest BCUT2D eigenvalue weighted by Gasteiger charge is 2.19. The zero-order valence-electron chi connectivity index (χ0n) is 11.5. The van der Waals surface area contributed by atoms with Crippen molar-refractivity contribution in [3.05, 3.63) is 17.3 Å². The maximum absolute atomic E-state index is 4.40. The topological polar surface area (TPSA) is 41.0 Å². The zero-order valence-corrected chi connectivity index (χ0v) is 12.3. The first-order chi connectivity index (χ1) is 9.25. The minimum atomic E-state index is 0.625. The van der Waals surface area contributed by atoms with Crippen molar-refractivity contribution >= 4 is 27.4 Å². The van der Waals surface area contributed by atoms with E-state index in [1.54, 1.807) is 17.7 Å². The Balaban J connectivity index is 1.74. The highest BCUT2D eigenvalue weighted by atomic mass is 32.1. The summed E-state index contributed by atoms with van der Waals surface area (Å²) in [5.74, 6) is 0.988. The summed E-state index contributed by atoms with van der Waals surface area (Å²) in [4.78, 5) is 11.2. The summed E-state index contributed by atoms with van der Waals surface area (Å²) < 4.78 is 1.18. The summed E-state index contributed by atoms with van der Waals surface area (Å²) in [6.45, 7) is 4.29. The molecule has 0 saturated carbocycles. The van der Waals surface area contributed by atoms with Gasteiger partial charge in [0.2, 0.25) is 0 Å². The molecule has 2 aromatic heterocycles. The number of likely N-dealkylation sites (N-methyl/N-ethyl adjacent to an activating group) is 1. The van der Waals surface area contributed by atoms with Gasteiger partial charge in [-0.05, 0) is 44.3 Å². The average Bonchev–Trinajstić information content (AvgIpc) is 2.81. The van der Waals surface area contributed by atoms with Crippen molar-refractivity contribution in [2.24, 2.45) is 0 Å². The molecule has 0 aliphatic carbocycles. The number of likely N-dealkylation sites (tertiary alicyclic amines) is 1. The molecule has 0 bridgehead atoms. The Labute approximate surface area is 117 Å². The van der Waals surface area contributed by atoms with E-state index in [-0.39, 0.29) is 0 Å². The van der Waals surface area contributed by atoms with Gasteiger partial charge in [0.05, 0.1) is 10.2 Å². The number of thiophene rings is 1. The number of fused-ring (bicyclic) bond motifs is 1. The molecule has 2 aromatic rings. The molecule has 102 valence electrons. The quantitative estimate of drug-likeness (QED) is 0.936. The average molecular weight is 276 g/mol. The van der Waals surface area contributed by atoms with Crippen LogP contribution in [0.4, 0.5) is 5.82 Å². The third-order valence-corrected chi connectivity index (χ3v) is 5.05. The molecule has 1 aliphatic rings. The highest BCUT2D eigenvalue weighted by Crippen LogP contribution is 2.28. The molecule has 1 aliphatic heterocycles. The van der Waals surface area contributed by atoms with E-state index in [1.165, 1.54) is 36.1 Å². The molecule has 5 heteroatoms. The molecule has 3 heterocycles. The van der Waals surface area contributed by atoms with Crippen molar-refractivity contribution in [1.82, 2.24) is 14.9 Å². The lowest BCUT2D eigenvalue weighted by molar-refractivity contribution is 0.194. The summed E-state index contributed by atoms with van der Waals surface area (Å²) in [7, 11) is 2.22. The monoisotopic (exact) mass is 276 g/mol. The fourth-order valence-electron chi connectivity index (χ4n) is 2.71. The van der Waals surface area contributed by atoms with Crippen LogP contribution in [0.2, 0.25) is 0 Å². The molecule has 19 heavy (non-hydrogen) atoms. The lowest BCUT2D eigenvalue weighted by Gasteiger charge is -2.32. The van der Waals surface area contributed by atoms with E-state index < -0.39 is 0 Å². The van der Waals surface area contributed by atoms with Crippen LogP contribution in [0.25, 0.3) is 10.2 Å². The number of piperidine rings is 1. The number of aryl methyl sites for hydroxylation is 1. The lowest BCUT2D eigenvalue weighted by Crippen LogP contribution is -2.40. The molecule has 1 fully saturated rings. The minimum absolute atomic E-state index is 0.625. The van der Waals surface area contributed by atoms with Gasteiger partial charge < -0.3 is 10.2 Å². The molecule has 1 N–H and O–H groups in total. The molecule has 1 unspecified atom stereocenters. The summed E-state index contributed by atoms with van der Waals surface area (Å²) in [6.07, 6.45) is 5.61. The van der Waals surface area contributed by atoms with Crippen LogP contribution in [0.1, 0.15) is 24.8 Å². The van der Waals surface area contributed by atoms with Gasteiger partial charge in [-0.2, -0.15) is 0 Å². The molecule has 1 atom stereocenters. The molecule has 0 radical (unpaired) electrons. The van der Waals surface area contributed by atoms with E-state index in [0.29, 0.717) is 6.04 Å². The van der Waals surface area contributed by atoms with Gasteiger partial charge in [-0.1, -0.05) is 6.42 Å². The Hall–Kier alpha value is -1.20. The smallest absolute Gasteiger partial charge is 0.147 e. The van der Waals surface area contributed by atoms with Crippen LogP contribution in [0.5, 0.6) is 0 Å². The zero-order chi connectivity index (χ0) is 13.2. The molecular weight excluding hydrogens is 256 g/mol. The fraction of sp³-hybridized carbons (Fsp3) is 0.571. The van der Waals surface area contributed by atoms with Crippen LogP contribution in [0.15, 0.2) is 11.7 Å². The van der Waals surface area contributed by atoms with E-state index in [1.807, 2.05) is 0 Å². The van der Waals surface area contributed by atoms with Crippen LogP contribution in [-0.4, -0.2) is 41.0 Å². The Morgan fingerprint density at radius 1 is 1.42 bits per heavy atom. The number of rotatable bonds is 3. The van der Waals surface area contributed by atoms with Gasteiger partial charge in [0.15, 0.2) is 0 Å². The van der Waals surface area contributed by atoms with Crippen molar-refractivity contribution < 1.29 is 0 Å². The van der Waals surface area contributed by atoms with Gasteiger partial charge in [-0.15, -0.1) is 11.3 Å². The SMILES string of the molecule is Cc1csc2c(NCC3CCCCN3C)ncnc12. The molecule has 4 nitrogen and oxygen atoms in total. The van der Waals surface area contributed by atoms with Gasteiger partial charge in [-0.3, -0.25) is 0 Å². The van der Waals surface area contributed by atoms with Gasteiger partial charge >= 0.3 is 0 Å². The van der Waals surface area contributed by atoms with Gasteiger partial charge in [0.1, 0.15) is 12.1 Å². The fourth-order valence-corrected chi connectivity index (χ4v) is 3.68. The Kier molecular flexibility index (Phi) is 3.66. The Bertz CT molecular complexity index is 566. The summed E-state index contributed by atoms with van der Waals surface area (Å²) in [5, 5.41) is 5.67. The summed E-state index contributed by atoms with van der Waals surface area (Å²) >= 11 is 1.73. The lowest BCUT2D eigenvalue weighted by atomic mass is 10.0. The summed E-state index contributed by atoms with van der Waals surface area (Å²) in [6, 6.07) is 0.625. The number of aromatic nitrogens is 2. The van der Waals surface area contributed by atoms with Crippen LogP contribution in [-0.2, 0) is 0 Å². The molecule has 3 rings (SSSR count). The van der Waals surface area contributed by atoms with Crippen LogP contribution < -0.4 is 5.32 Å². The highest BCUT2D eigenvalue weighted by molar-refractivity contribution is 7.18. The van der Waals surface area contributed by atoms with Crippen molar-refractivity contribution in [1.29, 1.82) is 0 Å². The minimum Gasteiger partial charge on any atom is -0.367 e. The predicted octanol–water partition coefficient (Wildman–Crippen LogP) is 2.90. The first-order valence-corrected chi connectivity index (χ1v) is 7.76. The maximum Gasteiger partial charge on any atom is 0.147 e. The van der Waals surface area contributed by atoms with Gasteiger partial charge in [0, 0.05) is 12.6 Å². The number of nitrogens with zero attached hydrogens (tertiary/aromatic N) is 3. The van der Waals surface area contributed by atoms with Crippen molar-refractivity contribution in [2.45, 2.75) is 32.2 Å². The van der Waals surface area contributed by atoms with Crippen molar-refractivity contribution in [3.8, 4) is 0 Å². The number of nitrogens with one attached hydrogen (secondary N) is 1. The molecule has 0 amide bonds. The first-order valence-electron chi connectivity index (χ1n) is 6.88.